The van der Waals surface area contributed by atoms with Crippen molar-refractivity contribution in [3.63, 3.8) is 0 Å². The summed E-state index contributed by atoms with van der Waals surface area (Å²) in [5.74, 6) is 0. The molecule has 0 saturated heterocycles. The molecule has 0 bridgehead atoms. The number of fused-ring (bicyclic) bond motifs is 11. The number of nitrogens with zero attached hydrogens (tertiary/aromatic N) is 2. The highest BCUT2D eigenvalue weighted by Crippen LogP contribution is 2.47. The maximum absolute atomic E-state index is 2.44. The summed E-state index contributed by atoms with van der Waals surface area (Å²) in [6, 6.07) is 84.7. The van der Waals surface area contributed by atoms with Crippen LogP contribution in [0.25, 0.3) is 102 Å². The van der Waals surface area contributed by atoms with Gasteiger partial charge in [0, 0.05) is 43.3 Å². The predicted octanol–water partition coefficient (Wildman–Crippen LogP) is 17.4. The third-order valence-electron chi connectivity index (χ3n) is 13.0. The Bertz CT molecular complexity index is 3860. The van der Waals surface area contributed by atoms with E-state index >= 15 is 0 Å². The topological polar surface area (TPSA) is 8.17 Å². The van der Waals surface area contributed by atoms with Crippen molar-refractivity contribution in [1.82, 2.24) is 4.57 Å². The van der Waals surface area contributed by atoms with E-state index in [0.29, 0.717) is 0 Å². The van der Waals surface area contributed by atoms with E-state index in [4.69, 9.17) is 0 Å². The Morgan fingerprint density at radius 2 is 0.794 bits per heavy atom. The maximum Gasteiger partial charge on any atom is 0.0640 e. The second-order valence-electron chi connectivity index (χ2n) is 16.5. The van der Waals surface area contributed by atoms with Gasteiger partial charge in [-0.3, -0.25) is 0 Å². The SMILES string of the molecule is c1cc(-c2ccc(N(c3ccc(-c4ccc5ccc6ccccc6c5c4)cc3)c3cccc4c3sc3c5ccccc5ccc43)cc2)cc(-n2c3ccccc3c3ccccc32)c1. The minimum absolute atomic E-state index is 1.11. The van der Waals surface area contributed by atoms with Crippen molar-refractivity contribution in [1.29, 1.82) is 0 Å². The lowest BCUT2D eigenvalue weighted by atomic mass is 9.97. The largest absolute Gasteiger partial charge is 0.309 e. The summed E-state index contributed by atoms with van der Waals surface area (Å²) in [6.07, 6.45) is 0. The highest BCUT2D eigenvalue weighted by molar-refractivity contribution is 7.27. The van der Waals surface area contributed by atoms with Crippen molar-refractivity contribution in [2.24, 2.45) is 0 Å². The molecule has 2 heterocycles. The molecule has 0 spiro atoms. The zero-order valence-corrected chi connectivity index (χ0v) is 35.1. The molecule has 294 valence electrons. The summed E-state index contributed by atoms with van der Waals surface area (Å²) in [4.78, 5) is 2.44. The van der Waals surface area contributed by atoms with Gasteiger partial charge in [-0.15, -0.1) is 11.3 Å². The molecule has 3 heteroatoms. The lowest BCUT2D eigenvalue weighted by molar-refractivity contribution is 1.18. The van der Waals surface area contributed by atoms with Crippen LogP contribution in [0.2, 0.25) is 0 Å². The normalized spacial score (nSPS) is 11.8. The number of benzene rings is 11. The third kappa shape index (κ3) is 5.78. The van der Waals surface area contributed by atoms with Crippen molar-refractivity contribution in [3.8, 4) is 27.9 Å². The van der Waals surface area contributed by atoms with Crippen LogP contribution in [0.3, 0.4) is 0 Å². The number of para-hydroxylation sites is 2. The van der Waals surface area contributed by atoms with Gasteiger partial charge in [0.2, 0.25) is 0 Å². The minimum atomic E-state index is 1.11. The van der Waals surface area contributed by atoms with Gasteiger partial charge in [-0.25, -0.2) is 0 Å². The lowest BCUT2D eigenvalue weighted by Crippen LogP contribution is -2.10. The molecule has 11 aromatic carbocycles. The van der Waals surface area contributed by atoms with Crippen molar-refractivity contribution in [2.75, 3.05) is 4.90 Å². The number of anilines is 3. The quantitative estimate of drug-likeness (QED) is 0.152. The van der Waals surface area contributed by atoms with E-state index in [-0.39, 0.29) is 0 Å². The Balaban J connectivity index is 0.936. The Morgan fingerprint density at radius 3 is 1.49 bits per heavy atom. The molecule has 0 aliphatic heterocycles. The number of rotatable bonds is 6. The van der Waals surface area contributed by atoms with E-state index in [1.54, 1.807) is 0 Å². The molecule has 0 radical (unpaired) electrons. The van der Waals surface area contributed by atoms with E-state index in [1.807, 2.05) is 11.3 Å². The van der Waals surface area contributed by atoms with Gasteiger partial charge in [-0.2, -0.15) is 0 Å². The van der Waals surface area contributed by atoms with Crippen molar-refractivity contribution in [2.45, 2.75) is 0 Å². The molecule has 0 N–H and O–H groups in total. The highest BCUT2D eigenvalue weighted by atomic mass is 32.1. The number of hydrogen-bond donors (Lipinski definition) is 0. The summed E-state index contributed by atoms with van der Waals surface area (Å²) >= 11 is 1.90. The van der Waals surface area contributed by atoms with E-state index in [0.717, 1.165) is 17.1 Å². The molecular formula is C60H38N2S. The highest BCUT2D eigenvalue weighted by Gasteiger charge is 2.20. The van der Waals surface area contributed by atoms with Gasteiger partial charge < -0.3 is 9.47 Å². The average Bonchev–Trinajstić information content (AvgIpc) is 3.91. The second-order valence-corrected chi connectivity index (χ2v) is 17.5. The maximum atomic E-state index is 2.44. The molecule has 0 unspecified atom stereocenters. The predicted molar refractivity (Wildman–Crippen MR) is 272 cm³/mol. The van der Waals surface area contributed by atoms with E-state index < -0.39 is 0 Å². The van der Waals surface area contributed by atoms with Gasteiger partial charge in [0.15, 0.2) is 0 Å². The Hall–Kier alpha value is -7.98. The van der Waals surface area contributed by atoms with Crippen molar-refractivity contribution < 1.29 is 0 Å². The average molecular weight is 819 g/mol. The molecule has 0 atom stereocenters. The third-order valence-corrected chi connectivity index (χ3v) is 14.2. The van der Waals surface area contributed by atoms with E-state index in [2.05, 4.69) is 240 Å². The molecule has 0 aliphatic carbocycles. The van der Waals surface area contributed by atoms with Gasteiger partial charge in [-0.05, 0) is 115 Å². The van der Waals surface area contributed by atoms with Crippen LogP contribution in [0.1, 0.15) is 0 Å². The monoisotopic (exact) mass is 818 g/mol. The molecule has 0 aliphatic rings. The van der Waals surface area contributed by atoms with Crippen molar-refractivity contribution in [3.05, 3.63) is 231 Å². The van der Waals surface area contributed by atoms with Crippen LogP contribution >= 0.6 is 11.3 Å². The van der Waals surface area contributed by atoms with Gasteiger partial charge in [-0.1, -0.05) is 170 Å². The first-order valence-corrected chi connectivity index (χ1v) is 22.4. The fourth-order valence-corrected chi connectivity index (χ4v) is 11.3. The molecule has 13 rings (SSSR count). The van der Waals surface area contributed by atoms with Crippen molar-refractivity contribution >= 4 is 103 Å². The van der Waals surface area contributed by atoms with Crippen LogP contribution in [0.15, 0.2) is 231 Å². The summed E-state index contributed by atoms with van der Waals surface area (Å²) in [5, 5.41) is 12.8. The molecule has 0 saturated carbocycles. The van der Waals surface area contributed by atoms with Crippen LogP contribution in [0.4, 0.5) is 17.1 Å². The fraction of sp³-hybridized carbons (Fsp3) is 0. The van der Waals surface area contributed by atoms with Crippen LogP contribution in [-0.2, 0) is 0 Å². The Labute approximate surface area is 368 Å². The number of aromatic nitrogens is 1. The van der Waals surface area contributed by atoms with Gasteiger partial charge >= 0.3 is 0 Å². The summed E-state index contributed by atoms with van der Waals surface area (Å²) in [6.45, 7) is 0. The summed E-state index contributed by atoms with van der Waals surface area (Å²) in [7, 11) is 0. The molecule has 0 amide bonds. The molecule has 63 heavy (non-hydrogen) atoms. The molecule has 2 aromatic heterocycles. The first kappa shape index (κ1) is 35.7. The fourth-order valence-electron chi connectivity index (χ4n) is 9.93. The Kier molecular flexibility index (Phi) is 8.12. The second kappa shape index (κ2) is 14.3. The molecule has 0 fully saturated rings. The first-order valence-electron chi connectivity index (χ1n) is 21.6. The molecular weight excluding hydrogens is 781 g/mol. The van der Waals surface area contributed by atoms with Crippen LogP contribution in [0.5, 0.6) is 0 Å². The molecule has 13 aromatic rings. The minimum Gasteiger partial charge on any atom is -0.309 e. The van der Waals surface area contributed by atoms with Crippen LogP contribution in [0, 0.1) is 0 Å². The summed E-state index contributed by atoms with van der Waals surface area (Å²) in [5.41, 5.74) is 11.7. The first-order chi connectivity index (χ1) is 31.2. The zero-order chi connectivity index (χ0) is 41.4. The summed E-state index contributed by atoms with van der Waals surface area (Å²) < 4.78 is 4.99. The zero-order valence-electron chi connectivity index (χ0n) is 34.2. The smallest absolute Gasteiger partial charge is 0.0640 e. The number of hydrogen-bond acceptors (Lipinski definition) is 2. The van der Waals surface area contributed by atoms with Gasteiger partial charge in [0.05, 0.1) is 21.4 Å². The Morgan fingerprint density at radius 1 is 0.302 bits per heavy atom. The van der Waals surface area contributed by atoms with Gasteiger partial charge in [0.25, 0.3) is 0 Å². The van der Waals surface area contributed by atoms with Crippen LogP contribution < -0.4 is 4.90 Å². The van der Waals surface area contributed by atoms with E-state index in [9.17, 15) is 0 Å². The standard InChI is InChI=1S/C60H38N2S/c1-3-15-49-41(11-1)23-24-43-25-26-45(38-55(43)49)40-29-34-47(35-30-40)61(58-22-10-19-53-54-36-31-42-12-2-4-16-50(42)59(54)63-60(53)58)46-32-27-39(28-33-46)44-13-9-14-48(37-44)62-56-20-7-5-17-51(56)52-18-6-8-21-57(52)62/h1-38H. The molecule has 2 nitrogen and oxygen atoms in total. The van der Waals surface area contributed by atoms with Crippen LogP contribution in [-0.4, -0.2) is 4.57 Å². The van der Waals surface area contributed by atoms with E-state index in [1.165, 1.54) is 102 Å². The number of thiophene rings is 1. The lowest BCUT2D eigenvalue weighted by Gasteiger charge is -2.26. The van der Waals surface area contributed by atoms with Gasteiger partial charge in [0.1, 0.15) is 0 Å².